The number of rotatable bonds is 7. The van der Waals surface area contributed by atoms with E-state index in [9.17, 15) is 5.11 Å². The summed E-state index contributed by atoms with van der Waals surface area (Å²) in [4.78, 5) is 38.8. The van der Waals surface area contributed by atoms with Crippen LogP contribution in [0.15, 0.2) is 182 Å². The quantitative estimate of drug-likeness (QED) is 0.101. The van der Waals surface area contributed by atoms with E-state index in [2.05, 4.69) is 434 Å². The summed E-state index contributed by atoms with van der Waals surface area (Å²) in [6.07, 6.45) is 15.6. The zero-order valence-corrected chi connectivity index (χ0v) is 75.8. The Morgan fingerprint density at radius 1 is 0.238 bits per heavy atom. The number of aliphatic hydroxyl groups is 1. The lowest BCUT2D eigenvalue weighted by Gasteiger charge is -2.26. The molecule has 0 radical (unpaired) electrons. The van der Waals surface area contributed by atoms with Gasteiger partial charge in [0.1, 0.15) is 6.10 Å². The number of benzene rings is 6. The topological polar surface area (TPSA) is 135 Å². The molecule has 10 heterocycles. The smallest absolute Gasteiger partial charge is 0.145 e. The van der Waals surface area contributed by atoms with Gasteiger partial charge in [0.15, 0.2) is 0 Å². The van der Waals surface area contributed by atoms with Crippen LogP contribution in [0, 0.1) is 23.7 Å². The van der Waals surface area contributed by atoms with Gasteiger partial charge in [-0.3, -0.25) is 0 Å². The van der Waals surface area contributed by atoms with Gasteiger partial charge in [0.05, 0.1) is 56.6 Å². The maximum absolute atomic E-state index is 13.5. The van der Waals surface area contributed by atoms with E-state index < -0.39 is 6.10 Å². The molecule has 122 heavy (non-hydrogen) atoms. The van der Waals surface area contributed by atoms with Gasteiger partial charge in [0.2, 0.25) is 0 Å². The van der Waals surface area contributed by atoms with Crippen LogP contribution in [0.25, 0.3) is 160 Å². The second-order valence-corrected chi connectivity index (χ2v) is 41.9. The molecule has 5 N–H and O–H groups in total. The van der Waals surface area contributed by atoms with E-state index in [-0.39, 0.29) is 43.3 Å². The fourth-order valence-electron chi connectivity index (χ4n) is 16.7. The third-order valence-electron chi connectivity index (χ3n) is 24.2. The molecule has 0 spiro atoms. The minimum atomic E-state index is -1.42. The highest BCUT2D eigenvalue weighted by Gasteiger charge is 2.31. The molecule has 0 saturated heterocycles. The standard InChI is InChI=1S/C113H116N8O/c1-106(2,3)73-55-69(56-74(63-73)107(4,5)6)101-88-41-39-82(114-88)81(83-40-42-89(115-83)102(70-57-75(108(7,8)9)64-76(58-70)109(10,11)12)91-48-44-85(117-91)99(67-33-27-25-28-34-67)84-43-47-90(101)116-84)37-31-32-38-98(122)105-96-53-51-94(120-96)103(71-59-77(110(13,14)15)65-78(60-71)111(16,17)18)92-49-45-86(118-92)100(68-35-29-26-30-36-68)87-46-50-93(119-87)104(95-52-54-97(105)121-95)72-61-79(112(19,20)21)66-80(62-72)113(22,23)24/h25-30,33-36,39-66,98,114,117-118,121-122H,1-24H3. The first-order valence-electron chi connectivity index (χ1n) is 43.2. The monoisotopic (exact) mass is 1600 g/mol. The van der Waals surface area contributed by atoms with Gasteiger partial charge in [-0.25, -0.2) is 19.9 Å². The van der Waals surface area contributed by atoms with Crippen LogP contribution in [0.3, 0.4) is 0 Å². The van der Waals surface area contributed by atoms with Gasteiger partial charge in [-0.15, -0.1) is 0 Å². The van der Waals surface area contributed by atoms with Crippen LogP contribution in [0.1, 0.15) is 273 Å². The van der Waals surface area contributed by atoms with Gasteiger partial charge in [-0.2, -0.15) is 0 Å². The summed E-state index contributed by atoms with van der Waals surface area (Å²) < 4.78 is 0. The highest BCUT2D eigenvalue weighted by Crippen LogP contribution is 2.46. The van der Waals surface area contributed by atoms with Crippen molar-refractivity contribution in [2.75, 3.05) is 0 Å². The largest absolute Gasteiger partial charge is 0.376 e. The summed E-state index contributed by atoms with van der Waals surface area (Å²) in [6, 6.07) is 66.6. The average molecular weight is 1600 g/mol. The van der Waals surface area contributed by atoms with Crippen molar-refractivity contribution in [3.63, 3.8) is 0 Å². The number of hydrogen-bond acceptors (Lipinski definition) is 5. The highest BCUT2D eigenvalue weighted by molar-refractivity contribution is 6.01. The Morgan fingerprint density at radius 2 is 0.459 bits per heavy atom. The first kappa shape index (κ1) is 83.3. The van der Waals surface area contributed by atoms with Crippen molar-refractivity contribution in [1.82, 2.24) is 39.9 Å². The molecule has 9 heteroatoms. The molecule has 4 aliphatic rings. The molecular weight excluding hydrogens is 1490 g/mol. The maximum atomic E-state index is 13.5. The molecule has 1 atom stereocenters. The molecule has 6 aromatic carbocycles. The number of hydrogen-bond donors (Lipinski definition) is 5. The molecule has 9 nitrogen and oxygen atoms in total. The van der Waals surface area contributed by atoms with Gasteiger partial charge in [0, 0.05) is 77.6 Å². The van der Waals surface area contributed by atoms with Crippen LogP contribution >= 0.6 is 0 Å². The van der Waals surface area contributed by atoms with Crippen molar-refractivity contribution in [3.8, 4) is 90.4 Å². The van der Waals surface area contributed by atoms with Crippen LogP contribution in [-0.2, 0) is 43.3 Å². The number of aromatic nitrogens is 8. The summed E-state index contributed by atoms with van der Waals surface area (Å²) in [5.74, 6) is 13.6. The zero-order chi connectivity index (χ0) is 86.9. The summed E-state index contributed by atoms with van der Waals surface area (Å²) >= 11 is 0. The SMILES string of the molecule is CC(C)(C)c1cc(-c2c3nc(c(-c4ccccc4)c4ccc([nH]4)c(-c4cc(C(C)(C)C)cc(C(C)(C)C)c4)c4nc(c(C#CC#CC(O)c5c6nc(c(-c7cc(C(C)(C)C)cc(C(C)(C)C)c7)c7ccc([nH]7)c(-c7ccccc7)c7nc(c(-c8cc(C(C)(C)C)cc(C(C)(C)C)c8)c8ccc5[nH]8)C=C7)C=C6)c5ccc2[nH]5)C=C4)C=C3)cc(C(C)(C)C)c1. The molecule has 12 aromatic rings. The lowest BCUT2D eigenvalue weighted by Crippen LogP contribution is -2.16. The molecule has 614 valence electrons. The Morgan fingerprint density at radius 3 is 0.746 bits per heavy atom. The minimum absolute atomic E-state index is 0.176. The molecule has 16 bridgehead atoms. The molecule has 4 aliphatic heterocycles. The van der Waals surface area contributed by atoms with Crippen molar-refractivity contribution < 1.29 is 5.11 Å². The van der Waals surface area contributed by atoms with Gasteiger partial charge in [0.25, 0.3) is 0 Å². The van der Waals surface area contributed by atoms with E-state index in [1.807, 2.05) is 6.08 Å². The number of nitrogens with zero attached hydrogens (tertiary/aromatic N) is 4. The molecule has 0 amide bonds. The van der Waals surface area contributed by atoms with Crippen LogP contribution in [0.2, 0.25) is 0 Å². The number of fused-ring (bicyclic) bond motifs is 16. The number of nitrogens with one attached hydrogen (secondary N) is 4. The maximum Gasteiger partial charge on any atom is 0.145 e. The molecular formula is C113H116N8O. The average Bonchev–Trinajstić information content (AvgIpc) is 1.66. The lowest BCUT2D eigenvalue weighted by molar-refractivity contribution is 0.239. The lowest BCUT2D eigenvalue weighted by atomic mass is 9.78. The molecule has 0 fully saturated rings. The number of aliphatic hydroxyl groups excluding tert-OH is 1. The van der Waals surface area contributed by atoms with Crippen LogP contribution in [-0.4, -0.2) is 45.0 Å². The Hall–Kier alpha value is -12.4. The van der Waals surface area contributed by atoms with Gasteiger partial charge in [-0.05, 0) is 236 Å². The van der Waals surface area contributed by atoms with Crippen LogP contribution in [0.4, 0.5) is 0 Å². The normalized spacial score (nSPS) is 13.5. The first-order chi connectivity index (χ1) is 57.4. The first-order valence-corrected chi connectivity index (χ1v) is 43.2. The van der Waals surface area contributed by atoms with Gasteiger partial charge >= 0.3 is 0 Å². The fraction of sp³-hybridized carbons (Fsp3) is 0.292. The van der Waals surface area contributed by atoms with Crippen molar-refractivity contribution in [3.05, 3.63) is 283 Å². The second kappa shape index (κ2) is 30.6. The Kier molecular flexibility index (Phi) is 20.9. The molecule has 0 aliphatic carbocycles. The van der Waals surface area contributed by atoms with Crippen LogP contribution < -0.4 is 0 Å². The van der Waals surface area contributed by atoms with E-state index in [0.717, 1.165) is 140 Å². The minimum Gasteiger partial charge on any atom is -0.376 e. The summed E-state index contributed by atoms with van der Waals surface area (Å²) in [5, 5.41) is 13.5. The number of H-pyrrole nitrogens is 4. The summed E-state index contributed by atoms with van der Waals surface area (Å²) in [6.45, 7) is 54.7. The number of aromatic amines is 4. The van der Waals surface area contributed by atoms with E-state index in [1.165, 1.54) is 44.5 Å². The van der Waals surface area contributed by atoms with Crippen molar-refractivity contribution in [1.29, 1.82) is 0 Å². The summed E-state index contributed by atoms with van der Waals surface area (Å²) in [7, 11) is 0. The molecule has 0 saturated carbocycles. The van der Waals surface area contributed by atoms with Crippen LogP contribution in [0.5, 0.6) is 0 Å². The Balaban J connectivity index is 0.986. The molecule has 1 unspecified atom stereocenters. The molecule has 16 rings (SSSR count). The van der Waals surface area contributed by atoms with Crippen molar-refractivity contribution >= 4 is 92.7 Å². The highest BCUT2D eigenvalue weighted by atomic mass is 16.3. The van der Waals surface area contributed by atoms with Gasteiger partial charge < -0.3 is 25.0 Å². The Labute approximate surface area is 722 Å². The van der Waals surface area contributed by atoms with E-state index in [1.54, 1.807) is 0 Å². The fourth-order valence-corrected chi connectivity index (χ4v) is 16.7. The predicted molar refractivity (Wildman–Crippen MR) is 520 cm³/mol. The van der Waals surface area contributed by atoms with E-state index >= 15 is 0 Å². The third-order valence-corrected chi connectivity index (χ3v) is 24.2. The third kappa shape index (κ3) is 16.7. The van der Waals surface area contributed by atoms with E-state index in [0.29, 0.717) is 28.0 Å². The Bertz CT molecular complexity index is 6610. The van der Waals surface area contributed by atoms with Crippen molar-refractivity contribution in [2.45, 2.75) is 216 Å². The van der Waals surface area contributed by atoms with Gasteiger partial charge in [-0.1, -0.05) is 306 Å². The zero-order valence-electron chi connectivity index (χ0n) is 75.8. The van der Waals surface area contributed by atoms with E-state index in [4.69, 9.17) is 19.9 Å². The predicted octanol–water partition coefficient (Wildman–Crippen LogP) is 29.1. The summed E-state index contributed by atoms with van der Waals surface area (Å²) in [5.41, 5.74) is 33.9. The second-order valence-electron chi connectivity index (χ2n) is 41.9. The molecule has 6 aromatic heterocycles. The van der Waals surface area contributed by atoms with Crippen molar-refractivity contribution in [2.24, 2.45) is 0 Å².